The molecule has 0 radical (unpaired) electrons. The van der Waals surface area contributed by atoms with Crippen LogP contribution in [0.2, 0.25) is 0 Å². The number of phenols is 1. The number of benzene rings is 4. The van der Waals surface area contributed by atoms with E-state index in [-0.39, 0.29) is 5.75 Å². The number of hydrogen-bond acceptors (Lipinski definition) is 4. The molecule has 0 spiro atoms. The number of rotatable bonds is 13. The number of aliphatic hydroxyl groups is 2. The van der Waals surface area contributed by atoms with Crippen LogP contribution in [0, 0.1) is 0 Å². The maximum Gasteiger partial charge on any atom is 0.417 e. The number of fused-ring (bicyclic) bond motifs is 2. The van der Waals surface area contributed by atoms with E-state index in [0.717, 1.165) is 27.4 Å². The number of halogens is 6. The second kappa shape index (κ2) is 17.0. The van der Waals surface area contributed by atoms with Gasteiger partial charge in [-0.3, -0.25) is 0 Å². The normalized spacial score (nSPS) is 14.8. The minimum absolute atomic E-state index is 0.00450. The smallest absolute Gasteiger partial charge is 0.417 e. The highest BCUT2D eigenvalue weighted by Gasteiger charge is 2.57. The highest BCUT2D eigenvalue weighted by atomic mass is 19.4. The molecule has 2 aromatic heterocycles. The van der Waals surface area contributed by atoms with E-state index in [1.807, 2.05) is 50.2 Å². The lowest BCUT2D eigenvalue weighted by atomic mass is 9.72. The summed E-state index contributed by atoms with van der Waals surface area (Å²) in [6, 6.07) is 28.3. The third-order valence-corrected chi connectivity index (χ3v) is 11.3. The largest absolute Gasteiger partial charge is 0.507 e. The predicted molar refractivity (Wildman–Crippen MR) is 221 cm³/mol. The van der Waals surface area contributed by atoms with Crippen molar-refractivity contribution in [2.75, 3.05) is 7.11 Å². The van der Waals surface area contributed by atoms with Gasteiger partial charge in [-0.1, -0.05) is 114 Å². The maximum absolute atomic E-state index is 14.1. The zero-order chi connectivity index (χ0) is 43.6. The first-order valence-electron chi connectivity index (χ1n) is 19.7. The van der Waals surface area contributed by atoms with Gasteiger partial charge in [-0.05, 0) is 88.2 Å². The van der Waals surface area contributed by atoms with Crippen LogP contribution in [0.3, 0.4) is 0 Å². The van der Waals surface area contributed by atoms with Crippen molar-refractivity contribution in [1.82, 2.24) is 9.97 Å². The van der Waals surface area contributed by atoms with E-state index in [1.54, 1.807) is 88.4 Å². The molecular weight excluding hydrogens is 771 g/mol. The molecule has 0 bridgehead atoms. The molecule has 0 aliphatic heterocycles. The van der Waals surface area contributed by atoms with Gasteiger partial charge in [-0.15, -0.1) is 0 Å². The molecule has 59 heavy (non-hydrogen) atoms. The van der Waals surface area contributed by atoms with Crippen LogP contribution in [0.4, 0.5) is 26.3 Å². The van der Waals surface area contributed by atoms with Crippen LogP contribution >= 0.6 is 0 Å². The number of aromatic nitrogens is 2. The zero-order valence-electron chi connectivity index (χ0n) is 34.5. The lowest BCUT2D eigenvalue weighted by molar-refractivity contribution is -0.266. The Morgan fingerprint density at radius 3 is 1.37 bits per heavy atom. The van der Waals surface area contributed by atoms with Crippen LogP contribution in [0.25, 0.3) is 21.8 Å². The average molecular weight is 825 g/mol. The van der Waals surface area contributed by atoms with Crippen LogP contribution < -0.4 is 4.74 Å². The Hall–Kier alpha value is -4.94. The number of phenolic OH excluding ortho intramolecular Hbond substituents is 1. The molecule has 0 aliphatic carbocycles. The van der Waals surface area contributed by atoms with Crippen molar-refractivity contribution < 1.29 is 46.4 Å². The number of ether oxygens (including phenoxy) is 1. The second-order valence-corrected chi connectivity index (χ2v) is 16.8. The van der Waals surface area contributed by atoms with Gasteiger partial charge in [-0.2, -0.15) is 26.3 Å². The second-order valence-electron chi connectivity index (χ2n) is 16.8. The molecule has 0 saturated heterocycles. The molecule has 0 amide bonds. The van der Waals surface area contributed by atoms with Crippen molar-refractivity contribution in [3.63, 3.8) is 0 Å². The summed E-state index contributed by atoms with van der Waals surface area (Å²) in [6.07, 6.45) is -10.6. The molecule has 0 fully saturated rings. The molecule has 2 heterocycles. The summed E-state index contributed by atoms with van der Waals surface area (Å²) in [5.74, 6) is 0.579. The number of para-hydroxylation sites is 4. The Bertz CT molecular complexity index is 2290. The number of aryl methyl sites for hydroxylation is 2. The molecule has 0 saturated carbocycles. The molecule has 0 aliphatic rings. The van der Waals surface area contributed by atoms with Gasteiger partial charge < -0.3 is 30.0 Å². The molecular formula is C47H54F6N2O4. The van der Waals surface area contributed by atoms with Gasteiger partial charge in [0.25, 0.3) is 0 Å². The van der Waals surface area contributed by atoms with Gasteiger partial charge in [0.1, 0.15) is 11.5 Å². The van der Waals surface area contributed by atoms with Gasteiger partial charge in [0.05, 0.1) is 7.11 Å². The Labute approximate surface area is 341 Å². The van der Waals surface area contributed by atoms with Crippen LogP contribution in [0.1, 0.15) is 88.0 Å². The van der Waals surface area contributed by atoms with Gasteiger partial charge >= 0.3 is 12.4 Å². The van der Waals surface area contributed by atoms with Crippen molar-refractivity contribution >= 4 is 21.8 Å². The van der Waals surface area contributed by atoms with E-state index in [4.69, 9.17) is 4.74 Å². The van der Waals surface area contributed by atoms with Gasteiger partial charge in [0.15, 0.2) is 11.2 Å². The molecule has 318 valence electrons. The summed E-state index contributed by atoms with van der Waals surface area (Å²) in [4.78, 5) is 5.97. The topological polar surface area (TPSA) is 102 Å². The van der Waals surface area contributed by atoms with Gasteiger partial charge in [-0.25, -0.2) is 0 Å². The molecule has 4 aromatic carbocycles. The Morgan fingerprint density at radius 1 is 0.559 bits per heavy atom. The molecule has 6 nitrogen and oxygen atoms in total. The molecule has 2 atom stereocenters. The summed E-state index contributed by atoms with van der Waals surface area (Å²) in [6.45, 7) is 10.5. The van der Waals surface area contributed by atoms with Crippen LogP contribution in [0.5, 0.6) is 11.5 Å². The third-order valence-electron chi connectivity index (χ3n) is 11.3. The first kappa shape index (κ1) is 45.1. The lowest BCUT2D eigenvalue weighted by Gasteiger charge is -2.38. The lowest BCUT2D eigenvalue weighted by Crippen LogP contribution is -2.51. The third kappa shape index (κ3) is 9.76. The number of aromatic hydroxyl groups is 1. The van der Waals surface area contributed by atoms with Crippen molar-refractivity contribution in [2.24, 2.45) is 0 Å². The molecule has 2 unspecified atom stereocenters. The van der Waals surface area contributed by atoms with Crippen molar-refractivity contribution in [3.8, 4) is 11.5 Å². The highest BCUT2D eigenvalue weighted by molar-refractivity contribution is 5.81. The molecule has 6 aromatic rings. The first-order chi connectivity index (χ1) is 27.5. The minimum atomic E-state index is -4.83. The molecule has 12 heteroatoms. The van der Waals surface area contributed by atoms with E-state index in [2.05, 4.69) is 9.97 Å². The molecule has 5 N–H and O–H groups in total. The van der Waals surface area contributed by atoms with Crippen LogP contribution in [-0.2, 0) is 36.5 Å². The fraction of sp³-hybridized carbons (Fsp3) is 0.404. The monoisotopic (exact) mass is 824 g/mol. The first-order valence-corrected chi connectivity index (χ1v) is 19.7. The Kier molecular flexibility index (Phi) is 13.0. The fourth-order valence-electron chi connectivity index (χ4n) is 8.33. The number of methoxy groups -OCH3 is 1. The summed E-state index contributed by atoms with van der Waals surface area (Å²) < 4.78 is 89.9. The maximum atomic E-state index is 14.1. The van der Waals surface area contributed by atoms with Gasteiger partial charge in [0, 0.05) is 40.8 Å². The molecule has 6 rings (SSSR count). The quantitative estimate of drug-likeness (QED) is 0.0749. The van der Waals surface area contributed by atoms with E-state index in [0.29, 0.717) is 46.7 Å². The van der Waals surface area contributed by atoms with E-state index < -0.39 is 60.1 Å². The van der Waals surface area contributed by atoms with Crippen molar-refractivity contribution in [1.29, 1.82) is 0 Å². The number of aromatic amines is 2. The van der Waals surface area contributed by atoms with E-state index in [9.17, 15) is 41.7 Å². The van der Waals surface area contributed by atoms with Crippen molar-refractivity contribution in [2.45, 2.75) is 114 Å². The summed E-state index contributed by atoms with van der Waals surface area (Å²) in [7, 11) is 1.52. The van der Waals surface area contributed by atoms with E-state index in [1.165, 1.54) is 7.11 Å². The fourth-order valence-corrected chi connectivity index (χ4v) is 8.33. The summed E-state index contributed by atoms with van der Waals surface area (Å²) in [5, 5.41) is 33.9. The van der Waals surface area contributed by atoms with Gasteiger partial charge in [0.2, 0.25) is 0 Å². The number of nitrogens with one attached hydrogen (secondary N) is 2. The highest BCUT2D eigenvalue weighted by Crippen LogP contribution is 2.47. The van der Waals surface area contributed by atoms with Crippen LogP contribution in [-0.4, -0.2) is 56.0 Å². The zero-order valence-corrected chi connectivity index (χ0v) is 34.5. The number of H-pyrrole nitrogens is 2. The summed E-state index contributed by atoms with van der Waals surface area (Å²) in [5.41, 5.74) is -3.16. The summed E-state index contributed by atoms with van der Waals surface area (Å²) >= 11 is 0. The predicted octanol–water partition coefficient (Wildman–Crippen LogP) is 11.6. The standard InChI is InChI=1S/C24H28F3NO2.C23H26F3NO2/c1-5-16-10-8-11-19(21(16)30-4)22(2,3)15-23(29,24(25,26)27)14-18-13-17-9-6-7-12-20(17)28-18;1-4-15-9-7-10-18(20(15)28)21(2,3)14-22(29,23(24,25)26)13-17-12-16-8-5-6-11-19(16)27-17/h6-13,28-29H,5,14-15H2,1-4H3;5-12,27-29H,4,13-14H2,1-3H3. The van der Waals surface area contributed by atoms with Crippen LogP contribution in [0.15, 0.2) is 97.1 Å². The average Bonchev–Trinajstić information content (AvgIpc) is 3.76. The Balaban J connectivity index is 0.000000224. The van der Waals surface area contributed by atoms with E-state index >= 15 is 0 Å². The van der Waals surface area contributed by atoms with Crippen molar-refractivity contribution in [3.05, 3.63) is 131 Å². The SMILES string of the molecule is CCc1cccc(C(C)(C)CC(O)(Cc2cc3ccccc3[nH]2)C(F)(F)F)c1O.CCc1cccc(C(C)(C)CC(O)(Cc2cc3ccccc3[nH]2)C(F)(F)F)c1OC. The number of alkyl halides is 6. The minimum Gasteiger partial charge on any atom is -0.507 e. The number of hydrogen-bond donors (Lipinski definition) is 5. The Morgan fingerprint density at radius 2 is 0.966 bits per heavy atom.